The number of aromatic hydroxyl groups is 1. The lowest BCUT2D eigenvalue weighted by Crippen LogP contribution is -2.54. The number of carbonyl (C=O) groups excluding carboxylic acids is 3. The smallest absolute Gasteiger partial charge is 0.408 e. The summed E-state index contributed by atoms with van der Waals surface area (Å²) in [5.74, 6) is -0.658. The van der Waals surface area contributed by atoms with Crippen LogP contribution in [0.4, 0.5) is 4.79 Å². The van der Waals surface area contributed by atoms with E-state index in [2.05, 4.69) is 27.4 Å². The molecule has 1 aromatic heterocycles. The minimum Gasteiger partial charge on any atom is -0.508 e. The first kappa shape index (κ1) is 28.2. The molecule has 2 rings (SSSR count). The van der Waals surface area contributed by atoms with Gasteiger partial charge in [-0.25, -0.2) is 4.79 Å². The zero-order chi connectivity index (χ0) is 26.2. The third kappa shape index (κ3) is 9.60. The third-order valence-corrected chi connectivity index (χ3v) is 6.10. The second-order valence-electron chi connectivity index (χ2n) is 9.72. The fourth-order valence-electron chi connectivity index (χ4n) is 3.63. The molecule has 3 amide bonds. The van der Waals surface area contributed by atoms with Crippen molar-refractivity contribution in [3.63, 3.8) is 0 Å². The van der Waals surface area contributed by atoms with Gasteiger partial charge in [0, 0.05) is 13.0 Å². The van der Waals surface area contributed by atoms with Gasteiger partial charge in [0.1, 0.15) is 23.4 Å². The van der Waals surface area contributed by atoms with Crippen molar-refractivity contribution in [3.05, 3.63) is 51.2 Å². The van der Waals surface area contributed by atoms with Crippen LogP contribution in [0, 0.1) is 13.8 Å². The molecule has 0 saturated carbocycles. The monoisotopic (exact) mass is 503 g/mol. The minimum atomic E-state index is -0.972. The van der Waals surface area contributed by atoms with E-state index in [1.54, 1.807) is 51.2 Å². The van der Waals surface area contributed by atoms with Gasteiger partial charge < -0.3 is 25.8 Å². The summed E-state index contributed by atoms with van der Waals surface area (Å²) in [6, 6.07) is 3.52. The van der Waals surface area contributed by atoms with Crippen molar-refractivity contribution in [2.75, 3.05) is 6.54 Å². The largest absolute Gasteiger partial charge is 0.508 e. The zero-order valence-electron chi connectivity index (χ0n) is 21.4. The van der Waals surface area contributed by atoms with E-state index in [1.807, 2.05) is 19.2 Å². The third-order valence-electron chi connectivity index (χ3n) is 5.37. The predicted molar refractivity (Wildman–Crippen MR) is 138 cm³/mol. The van der Waals surface area contributed by atoms with Gasteiger partial charge in [0.25, 0.3) is 0 Å². The summed E-state index contributed by atoms with van der Waals surface area (Å²) < 4.78 is 5.34. The van der Waals surface area contributed by atoms with Crippen LogP contribution in [-0.4, -0.2) is 47.2 Å². The Morgan fingerprint density at radius 2 is 1.74 bits per heavy atom. The highest BCUT2D eigenvalue weighted by molar-refractivity contribution is 7.07. The molecule has 4 N–H and O–H groups in total. The highest BCUT2D eigenvalue weighted by Crippen LogP contribution is 2.22. The summed E-state index contributed by atoms with van der Waals surface area (Å²) in [6.45, 7) is 11.0. The minimum absolute atomic E-state index is 0.133. The molecule has 2 atom stereocenters. The number of carbonyl (C=O) groups is 3. The number of ether oxygens (including phenoxy) is 1. The number of phenolic OH excluding ortho intramolecular Hbond substituents is 1. The number of thiophene rings is 1. The van der Waals surface area contributed by atoms with Crippen molar-refractivity contribution < 1.29 is 24.2 Å². The number of hydrogen-bond donors (Lipinski definition) is 4. The number of rotatable bonds is 10. The lowest BCUT2D eigenvalue weighted by molar-refractivity contribution is -0.129. The van der Waals surface area contributed by atoms with E-state index >= 15 is 0 Å². The number of benzene rings is 1. The Bertz CT molecular complexity index is 991. The van der Waals surface area contributed by atoms with Crippen molar-refractivity contribution in [1.82, 2.24) is 16.0 Å². The van der Waals surface area contributed by atoms with E-state index < -0.39 is 29.7 Å². The highest BCUT2D eigenvalue weighted by Gasteiger charge is 2.28. The SMILES string of the molecule is Cc1cc(O)cc(C)c1CC(NC(=O)OC(C)(C)C)C(=O)N[C@H](C)C(=O)NCCCc1ccsc1. The molecule has 0 aliphatic carbocycles. The van der Waals surface area contributed by atoms with Crippen LogP contribution in [0.15, 0.2) is 29.0 Å². The van der Waals surface area contributed by atoms with E-state index in [1.165, 1.54) is 5.56 Å². The molecule has 0 saturated heterocycles. The fraction of sp³-hybridized carbons (Fsp3) is 0.500. The maximum atomic E-state index is 13.1. The van der Waals surface area contributed by atoms with E-state index in [9.17, 15) is 19.5 Å². The van der Waals surface area contributed by atoms with E-state index in [-0.39, 0.29) is 18.1 Å². The molecule has 0 spiro atoms. The molecule has 35 heavy (non-hydrogen) atoms. The van der Waals surface area contributed by atoms with Crippen LogP contribution in [0.5, 0.6) is 5.75 Å². The van der Waals surface area contributed by atoms with Crippen LogP contribution in [0.1, 0.15) is 56.4 Å². The Morgan fingerprint density at radius 1 is 1.09 bits per heavy atom. The normalized spacial score (nSPS) is 13.0. The number of alkyl carbamates (subject to hydrolysis) is 1. The Labute approximate surface area is 211 Å². The van der Waals surface area contributed by atoms with Gasteiger partial charge in [-0.1, -0.05) is 0 Å². The van der Waals surface area contributed by atoms with Gasteiger partial charge in [0.05, 0.1) is 0 Å². The maximum Gasteiger partial charge on any atom is 0.408 e. The highest BCUT2D eigenvalue weighted by atomic mass is 32.1. The lowest BCUT2D eigenvalue weighted by Gasteiger charge is -2.25. The van der Waals surface area contributed by atoms with Crippen LogP contribution in [0.2, 0.25) is 0 Å². The molecule has 9 heteroatoms. The first-order chi connectivity index (χ1) is 16.4. The summed E-state index contributed by atoms with van der Waals surface area (Å²) >= 11 is 1.64. The van der Waals surface area contributed by atoms with Crippen LogP contribution < -0.4 is 16.0 Å². The molecule has 0 aliphatic rings. The maximum absolute atomic E-state index is 13.1. The number of phenols is 1. The van der Waals surface area contributed by atoms with Gasteiger partial charge >= 0.3 is 6.09 Å². The Balaban J connectivity index is 2.03. The molecular weight excluding hydrogens is 466 g/mol. The molecule has 2 aromatic rings. The van der Waals surface area contributed by atoms with Crippen molar-refractivity contribution in [3.8, 4) is 5.75 Å². The molecule has 1 heterocycles. The van der Waals surface area contributed by atoms with Gasteiger partial charge in [-0.2, -0.15) is 11.3 Å². The van der Waals surface area contributed by atoms with E-state index in [0.717, 1.165) is 29.5 Å². The molecular formula is C26H37N3O5S. The van der Waals surface area contributed by atoms with Crippen molar-refractivity contribution in [1.29, 1.82) is 0 Å². The molecule has 0 bridgehead atoms. The average molecular weight is 504 g/mol. The molecule has 192 valence electrons. The Kier molecular flexibility index (Phi) is 10.1. The summed E-state index contributed by atoms with van der Waals surface area (Å²) in [6.07, 6.45) is 1.12. The first-order valence-corrected chi connectivity index (χ1v) is 12.7. The second kappa shape index (κ2) is 12.6. The van der Waals surface area contributed by atoms with Crippen molar-refractivity contribution >= 4 is 29.2 Å². The van der Waals surface area contributed by atoms with Crippen LogP contribution in [-0.2, 0) is 27.2 Å². The number of nitrogens with one attached hydrogen (secondary N) is 3. The number of amides is 3. The quantitative estimate of drug-likeness (QED) is 0.369. The van der Waals surface area contributed by atoms with Gasteiger partial charge in [-0.15, -0.1) is 0 Å². The molecule has 0 radical (unpaired) electrons. The Morgan fingerprint density at radius 3 is 2.31 bits per heavy atom. The van der Waals surface area contributed by atoms with Gasteiger partial charge in [-0.05, 0) is 106 Å². The van der Waals surface area contributed by atoms with Crippen molar-refractivity contribution in [2.24, 2.45) is 0 Å². The van der Waals surface area contributed by atoms with Gasteiger partial charge in [0.2, 0.25) is 11.8 Å². The molecule has 0 aliphatic heterocycles. The fourth-order valence-corrected chi connectivity index (χ4v) is 4.33. The summed E-state index contributed by atoms with van der Waals surface area (Å²) in [4.78, 5) is 38.1. The topological polar surface area (TPSA) is 117 Å². The molecule has 8 nitrogen and oxygen atoms in total. The summed E-state index contributed by atoms with van der Waals surface area (Å²) in [5.41, 5.74) is 2.92. The van der Waals surface area contributed by atoms with Crippen molar-refractivity contribution in [2.45, 2.75) is 78.5 Å². The molecule has 0 fully saturated rings. The average Bonchev–Trinajstić information content (AvgIpc) is 3.24. The van der Waals surface area contributed by atoms with Crippen LogP contribution in [0.3, 0.4) is 0 Å². The summed E-state index contributed by atoms with van der Waals surface area (Å²) in [7, 11) is 0. The standard InChI is InChI=1S/C26H37N3O5S/c1-16-12-20(30)13-17(2)21(16)14-22(29-25(33)34-26(4,5)6)24(32)28-18(3)23(31)27-10-7-8-19-9-11-35-15-19/h9,11-13,15,18,22,30H,7-8,10,14H2,1-6H3,(H,27,31)(H,28,32)(H,29,33)/t18-,22?/m1/s1. The van der Waals surface area contributed by atoms with Crippen LogP contribution in [0.25, 0.3) is 0 Å². The zero-order valence-corrected chi connectivity index (χ0v) is 22.2. The van der Waals surface area contributed by atoms with Gasteiger partial charge in [-0.3, -0.25) is 9.59 Å². The lowest BCUT2D eigenvalue weighted by atomic mass is 9.95. The van der Waals surface area contributed by atoms with E-state index in [0.29, 0.717) is 6.54 Å². The predicted octanol–water partition coefficient (Wildman–Crippen LogP) is 3.76. The first-order valence-electron chi connectivity index (χ1n) is 11.7. The van der Waals surface area contributed by atoms with Gasteiger partial charge in [0.15, 0.2) is 0 Å². The second-order valence-corrected chi connectivity index (χ2v) is 10.5. The molecule has 1 aromatic carbocycles. The summed E-state index contributed by atoms with van der Waals surface area (Å²) in [5, 5.41) is 22.1. The number of aryl methyl sites for hydroxylation is 3. The molecule has 1 unspecified atom stereocenters. The Hall–Kier alpha value is -3.07. The van der Waals surface area contributed by atoms with Crippen LogP contribution >= 0.6 is 11.3 Å². The van der Waals surface area contributed by atoms with E-state index in [4.69, 9.17) is 4.74 Å². The number of hydrogen-bond acceptors (Lipinski definition) is 6.